The van der Waals surface area contributed by atoms with Gasteiger partial charge >= 0.3 is 0 Å². The molecule has 1 saturated carbocycles. The topological polar surface area (TPSA) is 43.4 Å². The Morgan fingerprint density at radius 1 is 1.00 bits per heavy atom. The minimum absolute atomic E-state index is 0.0287. The van der Waals surface area contributed by atoms with Crippen molar-refractivity contribution in [2.24, 2.45) is 17.8 Å². The quantitative estimate of drug-likeness (QED) is 0.815. The molecule has 0 amide bonds. The van der Waals surface area contributed by atoms with Crippen molar-refractivity contribution in [2.45, 2.75) is 12.8 Å². The number of ketones is 2. The molecule has 1 aromatic carbocycles. The number of fused-ring (bicyclic) bond motifs is 1. The molecule has 98 valence electrons. The fourth-order valence-corrected chi connectivity index (χ4v) is 3.52. The lowest BCUT2D eigenvalue weighted by Gasteiger charge is -2.50. The van der Waals surface area contributed by atoms with Crippen LogP contribution in [0.15, 0.2) is 42.2 Å². The lowest BCUT2D eigenvalue weighted by molar-refractivity contribution is -0.144. The molecule has 2 aliphatic carbocycles. The van der Waals surface area contributed by atoms with Gasteiger partial charge in [0, 0.05) is 17.9 Å². The second kappa shape index (κ2) is 4.34. The molecule has 4 atom stereocenters. The van der Waals surface area contributed by atoms with E-state index in [0.29, 0.717) is 0 Å². The predicted molar refractivity (Wildman–Crippen MR) is 70.4 cm³/mol. The van der Waals surface area contributed by atoms with Gasteiger partial charge in [-0.2, -0.15) is 0 Å². The summed E-state index contributed by atoms with van der Waals surface area (Å²) in [5.74, 6) is 0.126. The lowest BCUT2D eigenvalue weighted by Crippen LogP contribution is -2.53. The van der Waals surface area contributed by atoms with Gasteiger partial charge in [0.15, 0.2) is 11.5 Å². The summed E-state index contributed by atoms with van der Waals surface area (Å²) in [6, 6.07) is 9.95. The van der Waals surface area contributed by atoms with E-state index in [2.05, 4.69) is 6.92 Å². The summed E-state index contributed by atoms with van der Waals surface area (Å²) in [6.07, 6.45) is 1.36. The molecule has 1 aromatic rings. The van der Waals surface area contributed by atoms with Crippen molar-refractivity contribution in [1.82, 2.24) is 0 Å². The number of hydrogen-bond donors (Lipinski definition) is 0. The first-order valence-corrected chi connectivity index (χ1v) is 6.54. The van der Waals surface area contributed by atoms with Gasteiger partial charge in [-0.15, -0.1) is 0 Å². The fraction of sp³-hybridized carbons (Fsp3) is 0.375. The Kier molecular flexibility index (Phi) is 2.77. The second-order valence-electron chi connectivity index (χ2n) is 5.33. The minimum atomic E-state index is -0.246. The molecule has 3 rings (SSSR count). The Labute approximate surface area is 112 Å². The van der Waals surface area contributed by atoms with Gasteiger partial charge in [-0.05, 0) is 17.4 Å². The summed E-state index contributed by atoms with van der Waals surface area (Å²) < 4.78 is 5.04. The van der Waals surface area contributed by atoms with E-state index in [-0.39, 0.29) is 41.0 Å². The van der Waals surface area contributed by atoms with Crippen molar-refractivity contribution in [3.63, 3.8) is 0 Å². The summed E-state index contributed by atoms with van der Waals surface area (Å²) in [6.45, 7) is 2.05. The first-order chi connectivity index (χ1) is 9.15. The maximum atomic E-state index is 12.3. The van der Waals surface area contributed by atoms with Crippen molar-refractivity contribution in [3.05, 3.63) is 47.7 Å². The highest BCUT2D eigenvalue weighted by molar-refractivity contribution is 6.11. The van der Waals surface area contributed by atoms with Crippen molar-refractivity contribution in [3.8, 4) is 0 Å². The first-order valence-electron chi connectivity index (χ1n) is 6.54. The second-order valence-corrected chi connectivity index (χ2v) is 5.33. The van der Waals surface area contributed by atoms with Crippen LogP contribution in [0, 0.1) is 17.8 Å². The Hall–Kier alpha value is -1.90. The largest absolute Gasteiger partial charge is 0.493 e. The molecule has 0 bridgehead atoms. The summed E-state index contributed by atoms with van der Waals surface area (Å²) in [7, 11) is 1.44. The zero-order chi connectivity index (χ0) is 13.6. The number of ether oxygens (including phenoxy) is 1. The molecule has 3 nitrogen and oxygen atoms in total. The Morgan fingerprint density at radius 2 is 1.68 bits per heavy atom. The van der Waals surface area contributed by atoms with E-state index >= 15 is 0 Å². The van der Waals surface area contributed by atoms with Crippen molar-refractivity contribution in [2.75, 3.05) is 7.11 Å². The maximum Gasteiger partial charge on any atom is 0.201 e. The van der Waals surface area contributed by atoms with E-state index in [0.717, 1.165) is 5.56 Å². The molecule has 0 aromatic heterocycles. The molecule has 2 aliphatic rings. The number of carbonyl (C=O) groups excluding carboxylic acids is 2. The number of methoxy groups -OCH3 is 1. The van der Waals surface area contributed by atoms with E-state index < -0.39 is 0 Å². The zero-order valence-electron chi connectivity index (χ0n) is 11.0. The van der Waals surface area contributed by atoms with Crippen LogP contribution >= 0.6 is 0 Å². The van der Waals surface area contributed by atoms with Crippen molar-refractivity contribution < 1.29 is 14.3 Å². The Morgan fingerprint density at radius 3 is 2.32 bits per heavy atom. The van der Waals surface area contributed by atoms with Crippen LogP contribution in [0.4, 0.5) is 0 Å². The van der Waals surface area contributed by atoms with Crippen LogP contribution in [0.3, 0.4) is 0 Å². The standard InChI is InChI=1S/C16H16O3/c1-9-13(10-6-4-3-5-7-10)15-14(9)11(17)8-12(19-2)16(15)18/h3-9,13-15H,1-2H3/t9-,13+,14?,15?/m1/s1. The number of benzene rings is 1. The third-order valence-corrected chi connectivity index (χ3v) is 4.46. The average Bonchev–Trinajstić information content (AvgIpc) is 2.41. The molecule has 2 unspecified atom stereocenters. The van der Waals surface area contributed by atoms with Gasteiger partial charge in [0.05, 0.1) is 7.11 Å². The fourth-order valence-electron chi connectivity index (χ4n) is 3.52. The van der Waals surface area contributed by atoms with Gasteiger partial charge in [0.1, 0.15) is 0 Å². The molecule has 19 heavy (non-hydrogen) atoms. The Bertz CT molecular complexity index is 559. The van der Waals surface area contributed by atoms with Gasteiger partial charge in [0.2, 0.25) is 5.78 Å². The number of rotatable bonds is 2. The maximum absolute atomic E-state index is 12.3. The van der Waals surface area contributed by atoms with Crippen LogP contribution in [0.1, 0.15) is 18.4 Å². The van der Waals surface area contributed by atoms with Gasteiger partial charge in [-0.1, -0.05) is 37.3 Å². The summed E-state index contributed by atoms with van der Waals surface area (Å²) in [5.41, 5.74) is 1.13. The highest BCUT2D eigenvalue weighted by Gasteiger charge is 2.57. The molecule has 0 spiro atoms. The highest BCUT2D eigenvalue weighted by Crippen LogP contribution is 2.55. The lowest BCUT2D eigenvalue weighted by atomic mass is 9.51. The third-order valence-electron chi connectivity index (χ3n) is 4.46. The van der Waals surface area contributed by atoms with Crippen LogP contribution < -0.4 is 0 Å². The first kappa shape index (κ1) is 12.2. The molecule has 0 saturated heterocycles. The van der Waals surface area contributed by atoms with Crippen LogP contribution in [-0.2, 0) is 14.3 Å². The van der Waals surface area contributed by atoms with Crippen LogP contribution in [0.5, 0.6) is 0 Å². The van der Waals surface area contributed by atoms with Gasteiger partial charge in [-0.25, -0.2) is 0 Å². The van der Waals surface area contributed by atoms with E-state index in [4.69, 9.17) is 4.74 Å². The number of Topliss-reactive ketones (excluding diaryl/α,β-unsaturated/α-hetero) is 1. The van der Waals surface area contributed by atoms with Crippen LogP contribution in [-0.4, -0.2) is 18.7 Å². The normalized spacial score (nSPS) is 33.3. The SMILES string of the molecule is COC1=CC(=O)C2C(C1=O)[C@H](c1ccccc1)[C@H]2C. The van der Waals surface area contributed by atoms with Crippen LogP contribution in [0.25, 0.3) is 0 Å². The molecule has 1 fully saturated rings. The van der Waals surface area contributed by atoms with E-state index in [1.54, 1.807) is 0 Å². The summed E-state index contributed by atoms with van der Waals surface area (Å²) in [5, 5.41) is 0. The van der Waals surface area contributed by atoms with Crippen LogP contribution in [0.2, 0.25) is 0 Å². The third kappa shape index (κ3) is 1.65. The highest BCUT2D eigenvalue weighted by atomic mass is 16.5. The van der Waals surface area contributed by atoms with E-state index in [9.17, 15) is 9.59 Å². The van der Waals surface area contributed by atoms with Crippen molar-refractivity contribution >= 4 is 11.6 Å². The van der Waals surface area contributed by atoms with E-state index in [1.165, 1.54) is 13.2 Å². The number of carbonyl (C=O) groups is 2. The minimum Gasteiger partial charge on any atom is -0.493 e. The smallest absolute Gasteiger partial charge is 0.201 e. The average molecular weight is 256 g/mol. The molecular weight excluding hydrogens is 240 g/mol. The zero-order valence-corrected chi connectivity index (χ0v) is 11.0. The Balaban J connectivity index is 1.98. The monoisotopic (exact) mass is 256 g/mol. The molecule has 0 heterocycles. The van der Waals surface area contributed by atoms with Gasteiger partial charge in [-0.3, -0.25) is 9.59 Å². The molecule has 0 aliphatic heterocycles. The van der Waals surface area contributed by atoms with Gasteiger partial charge < -0.3 is 4.74 Å². The number of hydrogen-bond acceptors (Lipinski definition) is 3. The van der Waals surface area contributed by atoms with E-state index in [1.807, 2.05) is 30.3 Å². The summed E-state index contributed by atoms with van der Waals surface area (Å²) >= 11 is 0. The molecule has 0 radical (unpaired) electrons. The summed E-state index contributed by atoms with van der Waals surface area (Å²) in [4.78, 5) is 24.4. The predicted octanol–water partition coefficient (Wildman–Crippen LogP) is 2.33. The number of allylic oxidation sites excluding steroid dienone is 2. The molecule has 0 N–H and O–H groups in total. The molecular formula is C16H16O3. The molecule has 3 heteroatoms. The van der Waals surface area contributed by atoms with Crippen molar-refractivity contribution in [1.29, 1.82) is 0 Å². The van der Waals surface area contributed by atoms with Gasteiger partial charge in [0.25, 0.3) is 0 Å².